The van der Waals surface area contributed by atoms with Crippen LogP contribution in [0.2, 0.25) is 0 Å². The van der Waals surface area contributed by atoms with Crippen LogP contribution in [-0.4, -0.2) is 26.6 Å². The van der Waals surface area contributed by atoms with Crippen molar-refractivity contribution in [2.75, 3.05) is 5.32 Å². The fourth-order valence-corrected chi connectivity index (χ4v) is 4.99. The second-order valence-corrected chi connectivity index (χ2v) is 10.3. The largest absolute Gasteiger partial charge is 0.345 e. The topological polar surface area (TPSA) is 88.9 Å². The minimum absolute atomic E-state index is 0.108. The summed E-state index contributed by atoms with van der Waals surface area (Å²) in [7, 11) is 0. The second-order valence-electron chi connectivity index (χ2n) is 8.80. The number of amides is 2. The molecule has 3 aromatic heterocycles. The molecule has 7 nitrogen and oxygen atoms in total. The van der Waals surface area contributed by atoms with Gasteiger partial charge in [0.1, 0.15) is 0 Å². The van der Waals surface area contributed by atoms with Gasteiger partial charge in [-0.1, -0.05) is 12.1 Å². The second kappa shape index (κ2) is 9.38. The number of aryl methyl sites for hydroxylation is 2. The molecule has 2 N–H and O–H groups in total. The molecule has 1 aromatic carbocycles. The van der Waals surface area contributed by atoms with Crippen molar-refractivity contribution in [2.24, 2.45) is 0 Å². The standard InChI is InChI=1S/C26H29N5O2S/c1-14(2)31-25-23(13-27-31)22(12-24(30-25)21-10-15(3)34-17(21)5)26(33)28-16(4)19-8-7-9-20(11-19)29-18(6)32/h7-14,16H,1-6H3,(H,28,33)(H,29,32). The zero-order chi connectivity index (χ0) is 24.6. The first-order valence-electron chi connectivity index (χ1n) is 11.3. The minimum atomic E-state index is -0.266. The van der Waals surface area contributed by atoms with Gasteiger partial charge in [-0.15, -0.1) is 11.3 Å². The Morgan fingerprint density at radius 2 is 1.85 bits per heavy atom. The van der Waals surface area contributed by atoms with Crippen molar-refractivity contribution in [3.8, 4) is 11.3 Å². The van der Waals surface area contributed by atoms with Gasteiger partial charge >= 0.3 is 0 Å². The van der Waals surface area contributed by atoms with Gasteiger partial charge in [0.25, 0.3) is 5.91 Å². The van der Waals surface area contributed by atoms with Gasteiger partial charge in [0, 0.05) is 34.0 Å². The van der Waals surface area contributed by atoms with Crippen molar-refractivity contribution < 1.29 is 9.59 Å². The van der Waals surface area contributed by atoms with Crippen molar-refractivity contribution in [2.45, 2.75) is 53.6 Å². The van der Waals surface area contributed by atoms with Crippen LogP contribution >= 0.6 is 11.3 Å². The minimum Gasteiger partial charge on any atom is -0.345 e. The monoisotopic (exact) mass is 475 g/mol. The quantitative estimate of drug-likeness (QED) is 0.368. The number of carbonyl (C=O) groups excluding carboxylic acids is 2. The maximum atomic E-state index is 13.5. The van der Waals surface area contributed by atoms with Gasteiger partial charge in [0.05, 0.1) is 28.9 Å². The molecule has 4 aromatic rings. The molecule has 3 heterocycles. The third kappa shape index (κ3) is 4.72. The molecular weight excluding hydrogens is 446 g/mol. The van der Waals surface area contributed by atoms with Crippen LogP contribution in [0.1, 0.15) is 65.5 Å². The number of pyridine rings is 1. The van der Waals surface area contributed by atoms with Crippen LogP contribution in [0, 0.1) is 13.8 Å². The predicted octanol–water partition coefficient (Wildman–Crippen LogP) is 5.81. The molecule has 0 fully saturated rings. The summed E-state index contributed by atoms with van der Waals surface area (Å²) in [6.07, 6.45) is 1.72. The number of thiophene rings is 1. The maximum Gasteiger partial charge on any atom is 0.252 e. The molecule has 4 rings (SSSR count). The van der Waals surface area contributed by atoms with Crippen molar-refractivity contribution >= 4 is 39.9 Å². The Labute approximate surface area is 203 Å². The summed E-state index contributed by atoms with van der Waals surface area (Å²) in [4.78, 5) is 32.2. The van der Waals surface area contributed by atoms with Crippen LogP contribution in [0.15, 0.2) is 42.6 Å². The van der Waals surface area contributed by atoms with Gasteiger partial charge < -0.3 is 10.6 Å². The number of carbonyl (C=O) groups is 2. The molecule has 1 atom stereocenters. The molecule has 1 unspecified atom stereocenters. The summed E-state index contributed by atoms with van der Waals surface area (Å²) < 4.78 is 1.85. The summed E-state index contributed by atoms with van der Waals surface area (Å²) >= 11 is 1.72. The lowest BCUT2D eigenvalue weighted by molar-refractivity contribution is -0.114. The predicted molar refractivity (Wildman–Crippen MR) is 137 cm³/mol. The van der Waals surface area contributed by atoms with Gasteiger partial charge in [-0.05, 0) is 64.4 Å². The molecule has 0 bridgehead atoms. The van der Waals surface area contributed by atoms with E-state index in [4.69, 9.17) is 4.98 Å². The van der Waals surface area contributed by atoms with Gasteiger partial charge in [-0.2, -0.15) is 5.10 Å². The van der Waals surface area contributed by atoms with E-state index in [-0.39, 0.29) is 23.9 Å². The molecular formula is C26H29N5O2S. The average Bonchev–Trinajstić information content (AvgIpc) is 3.35. The van der Waals surface area contributed by atoms with Crippen LogP contribution in [0.4, 0.5) is 5.69 Å². The third-order valence-corrected chi connectivity index (χ3v) is 6.64. The number of rotatable bonds is 6. The van der Waals surface area contributed by atoms with E-state index in [1.165, 1.54) is 11.8 Å². The highest BCUT2D eigenvalue weighted by atomic mass is 32.1. The maximum absolute atomic E-state index is 13.5. The van der Waals surface area contributed by atoms with E-state index < -0.39 is 0 Å². The van der Waals surface area contributed by atoms with Crippen molar-refractivity contribution in [1.29, 1.82) is 0 Å². The molecule has 0 aliphatic heterocycles. The SMILES string of the molecule is CC(=O)Nc1cccc(C(C)NC(=O)c2cc(-c3cc(C)sc3C)nc3c2cnn3C(C)C)c1. The van der Waals surface area contributed by atoms with Gasteiger partial charge in [0.15, 0.2) is 5.65 Å². The molecule has 34 heavy (non-hydrogen) atoms. The van der Waals surface area contributed by atoms with Crippen LogP contribution in [0.5, 0.6) is 0 Å². The van der Waals surface area contributed by atoms with Crippen LogP contribution in [-0.2, 0) is 4.79 Å². The molecule has 0 saturated heterocycles. The first-order valence-corrected chi connectivity index (χ1v) is 12.1. The Bertz CT molecular complexity index is 1390. The van der Waals surface area contributed by atoms with Crippen molar-refractivity contribution in [1.82, 2.24) is 20.1 Å². The summed E-state index contributed by atoms with van der Waals surface area (Å²) in [5, 5.41) is 11.1. The molecule has 0 aliphatic rings. The normalized spacial score (nSPS) is 12.2. The molecule has 0 aliphatic carbocycles. The number of hydrogen-bond acceptors (Lipinski definition) is 5. The molecule has 0 radical (unpaired) electrons. The smallest absolute Gasteiger partial charge is 0.252 e. The van der Waals surface area contributed by atoms with E-state index in [9.17, 15) is 9.59 Å². The Kier molecular flexibility index (Phi) is 6.52. The molecule has 0 spiro atoms. The van der Waals surface area contributed by atoms with Crippen molar-refractivity contribution in [3.05, 3.63) is 63.5 Å². The van der Waals surface area contributed by atoms with Crippen molar-refractivity contribution in [3.63, 3.8) is 0 Å². The fourth-order valence-electron chi connectivity index (χ4n) is 4.05. The number of hydrogen-bond donors (Lipinski definition) is 2. The van der Waals surface area contributed by atoms with Gasteiger partial charge in [-0.25, -0.2) is 9.67 Å². The lowest BCUT2D eigenvalue weighted by atomic mass is 10.0. The van der Waals surface area contributed by atoms with E-state index in [1.807, 2.05) is 55.8 Å². The van der Waals surface area contributed by atoms with E-state index in [2.05, 4.69) is 35.6 Å². The highest BCUT2D eigenvalue weighted by Gasteiger charge is 2.21. The Hall–Kier alpha value is -3.52. The number of anilines is 1. The number of aromatic nitrogens is 3. The van der Waals surface area contributed by atoms with E-state index in [1.54, 1.807) is 17.5 Å². The molecule has 2 amide bonds. The average molecular weight is 476 g/mol. The lowest BCUT2D eigenvalue weighted by Crippen LogP contribution is -2.27. The number of benzene rings is 1. The Morgan fingerprint density at radius 3 is 2.50 bits per heavy atom. The highest BCUT2D eigenvalue weighted by molar-refractivity contribution is 7.12. The molecule has 0 saturated carbocycles. The zero-order valence-corrected chi connectivity index (χ0v) is 21.1. The molecule has 176 valence electrons. The van der Waals surface area contributed by atoms with Crippen LogP contribution in [0.3, 0.4) is 0 Å². The third-order valence-electron chi connectivity index (χ3n) is 5.67. The Morgan fingerprint density at radius 1 is 1.09 bits per heavy atom. The summed E-state index contributed by atoms with van der Waals surface area (Å²) in [6.45, 7) is 11.6. The first-order chi connectivity index (χ1) is 16.1. The van der Waals surface area contributed by atoms with E-state index in [0.717, 1.165) is 27.1 Å². The fraction of sp³-hybridized carbons (Fsp3) is 0.308. The lowest BCUT2D eigenvalue weighted by Gasteiger charge is -2.17. The first kappa shape index (κ1) is 23.6. The number of nitrogens with one attached hydrogen (secondary N) is 2. The molecule has 8 heteroatoms. The van der Waals surface area contributed by atoms with Gasteiger partial charge in [-0.3, -0.25) is 9.59 Å². The van der Waals surface area contributed by atoms with Crippen LogP contribution < -0.4 is 10.6 Å². The zero-order valence-electron chi connectivity index (χ0n) is 20.3. The summed E-state index contributed by atoms with van der Waals surface area (Å²) in [5.74, 6) is -0.333. The van der Waals surface area contributed by atoms with E-state index >= 15 is 0 Å². The van der Waals surface area contributed by atoms with E-state index in [0.29, 0.717) is 16.9 Å². The summed E-state index contributed by atoms with van der Waals surface area (Å²) in [6, 6.07) is 11.3. The number of fused-ring (bicyclic) bond motifs is 1. The van der Waals surface area contributed by atoms with Gasteiger partial charge in [0.2, 0.25) is 5.91 Å². The Balaban J connectivity index is 1.73. The van der Waals surface area contributed by atoms with Crippen LogP contribution in [0.25, 0.3) is 22.3 Å². The summed E-state index contributed by atoms with van der Waals surface area (Å²) in [5.41, 5.74) is 4.63. The number of nitrogens with zero attached hydrogens (tertiary/aromatic N) is 3. The highest BCUT2D eigenvalue weighted by Crippen LogP contribution is 2.32.